The Kier molecular flexibility index (Phi) is 4.71. The number of ketones is 1. The first-order chi connectivity index (χ1) is 7.02. The number of carboxylic acid groups (broad SMARTS) is 1. The highest BCUT2D eigenvalue weighted by Gasteiger charge is 2.37. The zero-order valence-corrected chi connectivity index (χ0v) is 11.3. The van der Waals surface area contributed by atoms with Crippen LogP contribution in [0.5, 0.6) is 0 Å². The molecule has 1 unspecified atom stereocenters. The molecule has 1 N–H and O–H groups in total. The largest absolute Gasteiger partial charge is 0.481 e. The first-order valence-corrected chi connectivity index (χ1v) is 5.78. The molecule has 0 heterocycles. The lowest BCUT2D eigenvalue weighted by atomic mass is 9.72. The molecule has 0 saturated heterocycles. The molecular weight excluding hydrogens is 204 g/mol. The minimum Gasteiger partial charge on any atom is -0.481 e. The van der Waals surface area contributed by atoms with Crippen LogP contribution in [0.25, 0.3) is 0 Å². The average molecular weight is 228 g/mol. The maximum absolute atomic E-state index is 11.9. The highest BCUT2D eigenvalue weighted by molar-refractivity contribution is 5.87. The molecule has 0 aliphatic heterocycles. The first-order valence-electron chi connectivity index (χ1n) is 5.78. The van der Waals surface area contributed by atoms with Crippen molar-refractivity contribution in [2.75, 3.05) is 0 Å². The maximum atomic E-state index is 11.9. The van der Waals surface area contributed by atoms with Crippen LogP contribution in [0, 0.1) is 16.7 Å². The van der Waals surface area contributed by atoms with E-state index in [0.717, 1.165) is 6.42 Å². The molecule has 0 aromatic carbocycles. The molecule has 0 rings (SSSR count). The molecule has 16 heavy (non-hydrogen) atoms. The van der Waals surface area contributed by atoms with E-state index >= 15 is 0 Å². The van der Waals surface area contributed by atoms with Gasteiger partial charge in [-0.3, -0.25) is 9.59 Å². The lowest BCUT2D eigenvalue weighted by molar-refractivity contribution is -0.149. The van der Waals surface area contributed by atoms with E-state index in [-0.39, 0.29) is 17.6 Å². The second-order valence-corrected chi connectivity index (χ2v) is 6.11. The Labute approximate surface area is 98.2 Å². The topological polar surface area (TPSA) is 54.4 Å². The molecule has 0 amide bonds. The van der Waals surface area contributed by atoms with Crippen molar-refractivity contribution >= 4 is 11.8 Å². The molecular formula is C13H24O3. The minimum atomic E-state index is -0.871. The van der Waals surface area contributed by atoms with Crippen LogP contribution in [-0.4, -0.2) is 16.9 Å². The predicted molar refractivity (Wildman–Crippen MR) is 64.3 cm³/mol. The SMILES string of the molecule is CCC(C)(C)C(CC(=O)C(C)(C)C)C(=O)O. The van der Waals surface area contributed by atoms with Crippen molar-refractivity contribution in [1.82, 2.24) is 0 Å². The highest BCUT2D eigenvalue weighted by atomic mass is 16.4. The Morgan fingerprint density at radius 3 is 1.81 bits per heavy atom. The summed E-state index contributed by atoms with van der Waals surface area (Å²) in [5.41, 5.74) is -0.801. The summed E-state index contributed by atoms with van der Waals surface area (Å²) < 4.78 is 0. The summed E-state index contributed by atoms with van der Waals surface area (Å²) in [6.45, 7) is 11.2. The van der Waals surface area contributed by atoms with Gasteiger partial charge in [-0.05, 0) is 5.41 Å². The summed E-state index contributed by atoms with van der Waals surface area (Å²) in [5.74, 6) is -1.45. The van der Waals surface area contributed by atoms with Gasteiger partial charge in [0.05, 0.1) is 5.92 Å². The molecule has 0 bridgehead atoms. The third kappa shape index (κ3) is 3.95. The fourth-order valence-corrected chi connectivity index (χ4v) is 1.44. The Morgan fingerprint density at radius 1 is 1.12 bits per heavy atom. The zero-order chi connectivity index (χ0) is 13.1. The van der Waals surface area contributed by atoms with E-state index in [4.69, 9.17) is 0 Å². The van der Waals surface area contributed by atoms with Gasteiger partial charge in [-0.15, -0.1) is 0 Å². The van der Waals surface area contributed by atoms with Gasteiger partial charge < -0.3 is 5.11 Å². The summed E-state index contributed by atoms with van der Waals surface area (Å²) in [6, 6.07) is 0. The molecule has 1 atom stereocenters. The fourth-order valence-electron chi connectivity index (χ4n) is 1.44. The fraction of sp³-hybridized carbons (Fsp3) is 0.846. The van der Waals surface area contributed by atoms with Gasteiger partial charge in [0, 0.05) is 11.8 Å². The maximum Gasteiger partial charge on any atom is 0.307 e. The number of aliphatic carboxylic acids is 1. The van der Waals surface area contributed by atoms with Crippen LogP contribution in [-0.2, 0) is 9.59 Å². The van der Waals surface area contributed by atoms with Gasteiger partial charge >= 0.3 is 5.97 Å². The molecule has 0 aliphatic carbocycles. The van der Waals surface area contributed by atoms with Crippen LogP contribution < -0.4 is 0 Å². The average Bonchev–Trinajstić information content (AvgIpc) is 2.11. The molecule has 0 radical (unpaired) electrons. The number of carboxylic acids is 1. The van der Waals surface area contributed by atoms with Crippen molar-refractivity contribution in [3.63, 3.8) is 0 Å². The molecule has 0 aliphatic rings. The number of carbonyl (C=O) groups is 2. The lowest BCUT2D eigenvalue weighted by Crippen LogP contribution is -2.35. The van der Waals surface area contributed by atoms with E-state index in [1.165, 1.54) is 0 Å². The smallest absolute Gasteiger partial charge is 0.307 e. The van der Waals surface area contributed by atoms with Gasteiger partial charge in [-0.1, -0.05) is 48.0 Å². The van der Waals surface area contributed by atoms with Crippen molar-refractivity contribution in [3.8, 4) is 0 Å². The van der Waals surface area contributed by atoms with Crippen molar-refractivity contribution in [1.29, 1.82) is 0 Å². The van der Waals surface area contributed by atoms with Crippen molar-refractivity contribution < 1.29 is 14.7 Å². The third-order valence-electron chi connectivity index (χ3n) is 3.38. The van der Waals surface area contributed by atoms with Crippen LogP contribution in [0.15, 0.2) is 0 Å². The molecule has 0 spiro atoms. The quantitative estimate of drug-likeness (QED) is 0.786. The highest BCUT2D eigenvalue weighted by Crippen LogP contribution is 2.35. The summed E-state index contributed by atoms with van der Waals surface area (Å²) in [7, 11) is 0. The zero-order valence-electron chi connectivity index (χ0n) is 11.3. The normalized spacial score (nSPS) is 14.6. The van der Waals surface area contributed by atoms with Crippen LogP contribution in [0.3, 0.4) is 0 Å². The molecule has 3 nitrogen and oxygen atoms in total. The van der Waals surface area contributed by atoms with Gasteiger partial charge in [-0.2, -0.15) is 0 Å². The third-order valence-corrected chi connectivity index (χ3v) is 3.38. The number of carbonyl (C=O) groups excluding carboxylic acids is 1. The Morgan fingerprint density at radius 2 is 1.56 bits per heavy atom. The summed E-state index contributed by atoms with van der Waals surface area (Å²) in [5, 5.41) is 9.20. The number of Topliss-reactive ketones (excluding diaryl/α,β-unsaturated/α-hetero) is 1. The van der Waals surface area contributed by atoms with E-state index in [1.807, 2.05) is 41.5 Å². The van der Waals surface area contributed by atoms with E-state index in [9.17, 15) is 14.7 Å². The van der Waals surface area contributed by atoms with Crippen LogP contribution in [0.4, 0.5) is 0 Å². The van der Waals surface area contributed by atoms with E-state index in [2.05, 4.69) is 0 Å². The van der Waals surface area contributed by atoms with Gasteiger partial charge in [0.2, 0.25) is 0 Å². The van der Waals surface area contributed by atoms with Gasteiger partial charge in [0.25, 0.3) is 0 Å². The monoisotopic (exact) mass is 228 g/mol. The van der Waals surface area contributed by atoms with Crippen LogP contribution in [0.2, 0.25) is 0 Å². The second-order valence-electron chi connectivity index (χ2n) is 6.11. The van der Waals surface area contributed by atoms with Gasteiger partial charge in [0.15, 0.2) is 0 Å². The Bertz CT molecular complexity index is 271. The lowest BCUT2D eigenvalue weighted by Gasteiger charge is -2.31. The van der Waals surface area contributed by atoms with E-state index in [0.29, 0.717) is 0 Å². The minimum absolute atomic E-state index is 0.0152. The predicted octanol–water partition coefficient (Wildman–Crippen LogP) is 3.13. The van der Waals surface area contributed by atoms with Gasteiger partial charge in [-0.25, -0.2) is 0 Å². The van der Waals surface area contributed by atoms with Crippen molar-refractivity contribution in [2.45, 2.75) is 54.4 Å². The first kappa shape index (κ1) is 15.1. The number of hydrogen-bond donors (Lipinski definition) is 1. The molecule has 94 valence electrons. The molecule has 3 heteroatoms. The summed E-state index contributed by atoms with van der Waals surface area (Å²) >= 11 is 0. The molecule has 0 aromatic heterocycles. The molecule has 0 saturated carbocycles. The molecule has 0 aromatic rings. The van der Waals surface area contributed by atoms with Crippen LogP contribution >= 0.6 is 0 Å². The Hall–Kier alpha value is -0.860. The van der Waals surface area contributed by atoms with Crippen molar-refractivity contribution in [2.24, 2.45) is 16.7 Å². The second kappa shape index (κ2) is 4.98. The van der Waals surface area contributed by atoms with Gasteiger partial charge in [0.1, 0.15) is 5.78 Å². The Balaban J connectivity index is 4.87. The van der Waals surface area contributed by atoms with E-state index < -0.39 is 17.3 Å². The number of rotatable bonds is 5. The standard InChI is InChI=1S/C13H24O3/c1-7-13(5,6)9(11(15)16)8-10(14)12(2,3)4/h9H,7-8H2,1-6H3,(H,15,16). The van der Waals surface area contributed by atoms with Crippen LogP contribution in [0.1, 0.15) is 54.4 Å². The summed E-state index contributed by atoms with van der Waals surface area (Å²) in [6.07, 6.45) is 0.876. The summed E-state index contributed by atoms with van der Waals surface area (Å²) in [4.78, 5) is 23.1. The molecule has 0 fully saturated rings. The number of hydrogen-bond acceptors (Lipinski definition) is 2. The van der Waals surface area contributed by atoms with E-state index in [1.54, 1.807) is 0 Å². The van der Waals surface area contributed by atoms with Crippen molar-refractivity contribution in [3.05, 3.63) is 0 Å².